The average Bonchev–Trinajstić information content (AvgIpc) is 2.32. The van der Waals surface area contributed by atoms with Gasteiger partial charge in [0.25, 0.3) is 5.91 Å². The molecule has 0 saturated carbocycles. The van der Waals surface area contributed by atoms with Crippen molar-refractivity contribution in [3.63, 3.8) is 0 Å². The van der Waals surface area contributed by atoms with Gasteiger partial charge in [-0.15, -0.1) is 0 Å². The molecule has 3 nitrogen and oxygen atoms in total. The van der Waals surface area contributed by atoms with Crippen LogP contribution in [0.4, 0.5) is 4.39 Å². The van der Waals surface area contributed by atoms with Crippen molar-refractivity contribution >= 4 is 21.8 Å². The summed E-state index contributed by atoms with van der Waals surface area (Å²) in [6, 6.07) is 4.37. The third-order valence-electron chi connectivity index (χ3n) is 2.79. The molecule has 1 aliphatic rings. The first-order valence-corrected chi connectivity index (χ1v) is 6.22. The van der Waals surface area contributed by atoms with Crippen molar-refractivity contribution in [2.75, 3.05) is 19.8 Å². The van der Waals surface area contributed by atoms with E-state index in [0.29, 0.717) is 24.2 Å². The van der Waals surface area contributed by atoms with Gasteiger partial charge >= 0.3 is 0 Å². The van der Waals surface area contributed by atoms with Crippen LogP contribution in [0, 0.1) is 5.82 Å². The summed E-state index contributed by atoms with van der Waals surface area (Å²) in [7, 11) is 0. The highest BCUT2D eigenvalue weighted by molar-refractivity contribution is 9.10. The Morgan fingerprint density at radius 1 is 1.59 bits per heavy atom. The van der Waals surface area contributed by atoms with Crippen LogP contribution in [0.2, 0.25) is 0 Å². The number of amides is 1. The van der Waals surface area contributed by atoms with Crippen LogP contribution in [0.5, 0.6) is 0 Å². The number of carbonyl (C=O) groups is 1. The van der Waals surface area contributed by atoms with Crippen molar-refractivity contribution in [3.8, 4) is 0 Å². The quantitative estimate of drug-likeness (QED) is 0.797. The third-order valence-corrected chi connectivity index (χ3v) is 3.28. The molecule has 2 rings (SSSR count). The number of hydrogen-bond acceptors (Lipinski definition) is 2. The lowest BCUT2D eigenvalue weighted by molar-refractivity contribution is 0.00334. The molecule has 0 bridgehead atoms. The standard InChI is InChI=1S/C12H13BrFNO2/c1-8-7-17-5-4-15(8)12(16)10-6-9(13)2-3-11(10)14/h2-3,6,8H,4-5,7H2,1H3. The highest BCUT2D eigenvalue weighted by Crippen LogP contribution is 2.19. The van der Waals surface area contributed by atoms with Crippen LogP contribution >= 0.6 is 15.9 Å². The Kier molecular flexibility index (Phi) is 3.79. The minimum Gasteiger partial charge on any atom is -0.377 e. The number of carbonyl (C=O) groups excluding carboxylic acids is 1. The summed E-state index contributed by atoms with van der Waals surface area (Å²) in [6.07, 6.45) is 0. The van der Waals surface area contributed by atoms with E-state index in [2.05, 4.69) is 15.9 Å². The number of rotatable bonds is 1. The van der Waals surface area contributed by atoms with E-state index in [4.69, 9.17) is 4.74 Å². The van der Waals surface area contributed by atoms with E-state index in [1.165, 1.54) is 12.1 Å². The Balaban J connectivity index is 2.26. The van der Waals surface area contributed by atoms with Crippen LogP contribution in [0.1, 0.15) is 17.3 Å². The lowest BCUT2D eigenvalue weighted by atomic mass is 10.1. The molecule has 1 saturated heterocycles. The van der Waals surface area contributed by atoms with Crippen LogP contribution in [0.3, 0.4) is 0 Å². The topological polar surface area (TPSA) is 29.5 Å². The SMILES string of the molecule is CC1COCCN1C(=O)c1cc(Br)ccc1F. The molecule has 1 fully saturated rings. The van der Waals surface area contributed by atoms with Gasteiger partial charge in [0.05, 0.1) is 24.8 Å². The van der Waals surface area contributed by atoms with Gasteiger partial charge in [-0.3, -0.25) is 4.79 Å². The molecule has 1 aromatic carbocycles. The lowest BCUT2D eigenvalue weighted by Gasteiger charge is -2.33. The smallest absolute Gasteiger partial charge is 0.257 e. The van der Waals surface area contributed by atoms with E-state index < -0.39 is 5.82 Å². The molecule has 1 unspecified atom stereocenters. The molecule has 1 aliphatic heterocycles. The minimum atomic E-state index is -0.489. The number of hydrogen-bond donors (Lipinski definition) is 0. The Bertz CT molecular complexity index is 439. The maximum absolute atomic E-state index is 13.6. The summed E-state index contributed by atoms with van der Waals surface area (Å²) in [5.74, 6) is -0.767. The van der Waals surface area contributed by atoms with Gasteiger partial charge in [-0.05, 0) is 25.1 Å². The molecular weight excluding hydrogens is 289 g/mol. The van der Waals surface area contributed by atoms with Crippen LogP contribution in [0.15, 0.2) is 22.7 Å². The maximum atomic E-state index is 13.6. The monoisotopic (exact) mass is 301 g/mol. The van der Waals surface area contributed by atoms with Gasteiger partial charge in [0.1, 0.15) is 5.82 Å². The zero-order valence-corrected chi connectivity index (χ0v) is 11.0. The zero-order valence-electron chi connectivity index (χ0n) is 9.45. The minimum absolute atomic E-state index is 0.0189. The van der Waals surface area contributed by atoms with E-state index in [9.17, 15) is 9.18 Å². The van der Waals surface area contributed by atoms with E-state index >= 15 is 0 Å². The van der Waals surface area contributed by atoms with Gasteiger partial charge in [-0.2, -0.15) is 0 Å². The molecule has 1 atom stereocenters. The molecule has 0 spiro atoms. The Morgan fingerprint density at radius 3 is 3.06 bits per heavy atom. The van der Waals surface area contributed by atoms with Crippen LogP contribution in [-0.4, -0.2) is 36.6 Å². The van der Waals surface area contributed by atoms with Crippen LogP contribution in [-0.2, 0) is 4.74 Å². The summed E-state index contributed by atoms with van der Waals surface area (Å²) in [5.41, 5.74) is 0.105. The maximum Gasteiger partial charge on any atom is 0.257 e. The summed E-state index contributed by atoms with van der Waals surface area (Å²) < 4.78 is 19.6. The van der Waals surface area contributed by atoms with E-state index in [1.807, 2.05) is 6.92 Å². The summed E-state index contributed by atoms with van der Waals surface area (Å²) in [4.78, 5) is 13.8. The molecular formula is C12H13BrFNO2. The van der Waals surface area contributed by atoms with Gasteiger partial charge in [0.15, 0.2) is 0 Å². The number of nitrogens with zero attached hydrogens (tertiary/aromatic N) is 1. The van der Waals surface area contributed by atoms with E-state index in [-0.39, 0.29) is 17.5 Å². The van der Waals surface area contributed by atoms with Crippen LogP contribution in [0.25, 0.3) is 0 Å². The molecule has 0 radical (unpaired) electrons. The van der Waals surface area contributed by atoms with E-state index in [1.54, 1.807) is 11.0 Å². The Labute approximate surface area is 108 Å². The van der Waals surface area contributed by atoms with Gasteiger partial charge in [0.2, 0.25) is 0 Å². The molecule has 5 heteroatoms. The molecule has 1 aromatic rings. The number of morpholine rings is 1. The second-order valence-corrected chi connectivity index (χ2v) is 4.96. The second-order valence-electron chi connectivity index (χ2n) is 4.05. The summed E-state index contributed by atoms with van der Waals surface area (Å²) >= 11 is 3.24. The van der Waals surface area contributed by atoms with Crippen molar-refractivity contribution in [1.29, 1.82) is 0 Å². The summed E-state index contributed by atoms with van der Waals surface area (Å²) in [6.45, 7) is 3.41. The van der Waals surface area contributed by atoms with Crippen molar-refractivity contribution in [3.05, 3.63) is 34.1 Å². The van der Waals surface area contributed by atoms with Crippen molar-refractivity contribution in [2.45, 2.75) is 13.0 Å². The molecule has 17 heavy (non-hydrogen) atoms. The first kappa shape index (κ1) is 12.5. The van der Waals surface area contributed by atoms with Gasteiger partial charge < -0.3 is 9.64 Å². The first-order valence-electron chi connectivity index (χ1n) is 5.43. The largest absolute Gasteiger partial charge is 0.377 e. The molecule has 0 aliphatic carbocycles. The molecule has 1 heterocycles. The predicted molar refractivity (Wildman–Crippen MR) is 65.4 cm³/mol. The van der Waals surface area contributed by atoms with Gasteiger partial charge in [-0.1, -0.05) is 15.9 Å². The Morgan fingerprint density at radius 2 is 2.35 bits per heavy atom. The lowest BCUT2D eigenvalue weighted by Crippen LogP contribution is -2.47. The zero-order chi connectivity index (χ0) is 12.4. The second kappa shape index (κ2) is 5.14. The van der Waals surface area contributed by atoms with E-state index in [0.717, 1.165) is 0 Å². The van der Waals surface area contributed by atoms with Crippen molar-refractivity contribution in [1.82, 2.24) is 4.90 Å². The predicted octanol–water partition coefficient (Wildman–Crippen LogP) is 2.45. The summed E-state index contributed by atoms with van der Waals surface area (Å²) in [5, 5.41) is 0. The third kappa shape index (κ3) is 2.66. The van der Waals surface area contributed by atoms with Gasteiger partial charge in [-0.25, -0.2) is 4.39 Å². The first-order chi connectivity index (χ1) is 8.09. The average molecular weight is 302 g/mol. The van der Waals surface area contributed by atoms with Gasteiger partial charge in [0, 0.05) is 11.0 Å². The molecule has 0 N–H and O–H groups in total. The highest BCUT2D eigenvalue weighted by atomic mass is 79.9. The fourth-order valence-electron chi connectivity index (χ4n) is 1.84. The van der Waals surface area contributed by atoms with Crippen molar-refractivity contribution in [2.24, 2.45) is 0 Å². The number of halogens is 2. The van der Waals surface area contributed by atoms with Crippen LogP contribution < -0.4 is 0 Å². The molecule has 0 aromatic heterocycles. The highest BCUT2D eigenvalue weighted by Gasteiger charge is 2.26. The fourth-order valence-corrected chi connectivity index (χ4v) is 2.21. The number of ether oxygens (including phenoxy) is 1. The fraction of sp³-hybridized carbons (Fsp3) is 0.417. The molecule has 1 amide bonds. The number of benzene rings is 1. The molecule has 92 valence electrons. The normalized spacial score (nSPS) is 20.4. The Hall–Kier alpha value is -0.940. The van der Waals surface area contributed by atoms with Crippen molar-refractivity contribution < 1.29 is 13.9 Å².